The number of rotatable bonds is 3. The van der Waals surface area contributed by atoms with E-state index in [1.165, 1.54) is 21.9 Å². The van der Waals surface area contributed by atoms with Crippen molar-refractivity contribution < 1.29 is 0 Å². The first kappa shape index (κ1) is 24.7. The van der Waals surface area contributed by atoms with Crippen LogP contribution in [-0.2, 0) is 0 Å². The third-order valence-corrected chi connectivity index (χ3v) is 8.48. The van der Waals surface area contributed by atoms with Crippen molar-refractivity contribution in [3.63, 3.8) is 0 Å². The molecule has 6 heteroatoms. The molecule has 208 valence electrons. The van der Waals surface area contributed by atoms with Crippen LogP contribution >= 0.6 is 0 Å². The van der Waals surface area contributed by atoms with Crippen LogP contribution in [0.3, 0.4) is 0 Å². The van der Waals surface area contributed by atoms with E-state index in [-0.39, 0.29) is 0 Å². The molecular formula is C38H26N6. The molecule has 4 heterocycles. The average molecular weight is 567 g/mol. The Hall–Kier alpha value is -5.88. The zero-order chi connectivity index (χ0) is 29.4. The topological polar surface area (TPSA) is 60.9 Å². The van der Waals surface area contributed by atoms with Gasteiger partial charge in [0.15, 0.2) is 17.3 Å². The normalized spacial score (nSPS) is 11.9. The van der Waals surface area contributed by atoms with Crippen LogP contribution in [0.5, 0.6) is 0 Å². The molecule has 0 bridgehead atoms. The number of aryl methyl sites for hydroxylation is 2. The molecule has 0 unspecified atom stereocenters. The first-order valence-corrected chi connectivity index (χ1v) is 14.8. The van der Waals surface area contributed by atoms with Crippen LogP contribution in [-0.4, -0.2) is 28.9 Å². The molecule has 0 aliphatic rings. The monoisotopic (exact) mass is 566 g/mol. The van der Waals surface area contributed by atoms with Gasteiger partial charge in [-0.1, -0.05) is 114 Å². The minimum absolute atomic E-state index is 0.552. The number of nitrogens with zero attached hydrogens (tertiary/aromatic N) is 6. The van der Waals surface area contributed by atoms with Crippen molar-refractivity contribution in [3.05, 3.63) is 132 Å². The van der Waals surface area contributed by atoms with Gasteiger partial charge in [0.05, 0.1) is 11.0 Å². The predicted molar refractivity (Wildman–Crippen MR) is 178 cm³/mol. The van der Waals surface area contributed by atoms with Crippen molar-refractivity contribution in [2.24, 2.45) is 0 Å². The van der Waals surface area contributed by atoms with Gasteiger partial charge in [0.1, 0.15) is 11.2 Å². The van der Waals surface area contributed by atoms with Gasteiger partial charge in [0, 0.05) is 27.3 Å². The van der Waals surface area contributed by atoms with Gasteiger partial charge in [-0.3, -0.25) is 8.97 Å². The Morgan fingerprint density at radius 1 is 0.477 bits per heavy atom. The first-order valence-electron chi connectivity index (χ1n) is 14.8. The molecule has 0 saturated heterocycles. The molecule has 0 N–H and O–H groups in total. The third-order valence-electron chi connectivity index (χ3n) is 8.48. The molecule has 0 saturated carbocycles. The van der Waals surface area contributed by atoms with Crippen molar-refractivity contribution in [2.45, 2.75) is 13.8 Å². The second kappa shape index (κ2) is 9.31. The van der Waals surface area contributed by atoms with Gasteiger partial charge in [0.25, 0.3) is 0 Å². The van der Waals surface area contributed by atoms with Gasteiger partial charge in [-0.05, 0) is 37.4 Å². The Morgan fingerprint density at radius 2 is 1.11 bits per heavy atom. The summed E-state index contributed by atoms with van der Waals surface area (Å²) in [7, 11) is 0. The lowest BCUT2D eigenvalue weighted by atomic mass is 10.0. The van der Waals surface area contributed by atoms with E-state index in [0.29, 0.717) is 17.6 Å². The lowest BCUT2D eigenvalue weighted by Crippen LogP contribution is -2.08. The molecule has 0 aliphatic carbocycles. The van der Waals surface area contributed by atoms with Crippen molar-refractivity contribution >= 4 is 49.4 Å². The molecule has 5 aromatic carbocycles. The summed E-state index contributed by atoms with van der Waals surface area (Å²) in [5.41, 5.74) is 9.11. The van der Waals surface area contributed by atoms with Crippen LogP contribution in [0.1, 0.15) is 11.1 Å². The number of fused-ring (bicyclic) bond motifs is 10. The molecule has 0 fully saturated rings. The molecule has 0 atom stereocenters. The van der Waals surface area contributed by atoms with Crippen LogP contribution in [0.25, 0.3) is 78.1 Å². The maximum atomic E-state index is 5.33. The Morgan fingerprint density at radius 3 is 1.89 bits per heavy atom. The number of imidazole rings is 1. The van der Waals surface area contributed by atoms with Gasteiger partial charge in [-0.2, -0.15) is 9.97 Å². The molecular weight excluding hydrogens is 540 g/mol. The van der Waals surface area contributed by atoms with E-state index in [1.54, 1.807) is 0 Å². The molecule has 9 rings (SSSR count). The van der Waals surface area contributed by atoms with Crippen LogP contribution in [0.2, 0.25) is 0 Å². The summed E-state index contributed by atoms with van der Waals surface area (Å²) < 4.78 is 4.44. The summed E-state index contributed by atoms with van der Waals surface area (Å²) >= 11 is 0. The van der Waals surface area contributed by atoms with Gasteiger partial charge in [0.2, 0.25) is 5.95 Å². The maximum absolute atomic E-state index is 5.33. The second-order valence-electron chi connectivity index (χ2n) is 11.4. The van der Waals surface area contributed by atoms with Gasteiger partial charge in [-0.25, -0.2) is 9.97 Å². The molecule has 0 spiro atoms. The lowest BCUT2D eigenvalue weighted by Gasteiger charge is -2.13. The highest BCUT2D eigenvalue weighted by Crippen LogP contribution is 2.38. The minimum Gasteiger partial charge on any atom is -0.277 e. The molecule has 44 heavy (non-hydrogen) atoms. The fourth-order valence-corrected chi connectivity index (χ4v) is 6.38. The number of hydrogen-bond donors (Lipinski definition) is 0. The van der Waals surface area contributed by atoms with E-state index in [0.717, 1.165) is 49.7 Å². The Bertz CT molecular complexity index is 2560. The quantitative estimate of drug-likeness (QED) is 0.200. The van der Waals surface area contributed by atoms with Crippen LogP contribution < -0.4 is 0 Å². The molecule has 6 nitrogen and oxygen atoms in total. The lowest BCUT2D eigenvalue weighted by molar-refractivity contribution is 0.941. The van der Waals surface area contributed by atoms with Gasteiger partial charge >= 0.3 is 0 Å². The predicted octanol–water partition coefficient (Wildman–Crippen LogP) is 8.87. The molecule has 4 aromatic heterocycles. The standard InChI is InChI=1S/C38H26N6/c1-23-16-19-26(20-17-23)35-40-34(25-10-4-3-5-11-25)41-38(42-35)44-31-15-9-8-14-29(31)33-37(44)43-32-21-18-24(2)22-30(32)27-12-6-7-13-28(27)36(43)39-33/h3-22H,1-2H3. The van der Waals surface area contributed by atoms with E-state index >= 15 is 0 Å². The summed E-state index contributed by atoms with van der Waals surface area (Å²) in [5.74, 6) is 1.80. The van der Waals surface area contributed by atoms with Crippen LogP contribution in [0, 0.1) is 13.8 Å². The summed E-state index contributed by atoms with van der Waals surface area (Å²) in [6.07, 6.45) is 0. The molecule has 0 amide bonds. The summed E-state index contributed by atoms with van der Waals surface area (Å²) in [4.78, 5) is 20.6. The Labute approximate surface area is 252 Å². The largest absolute Gasteiger partial charge is 0.277 e. The smallest absolute Gasteiger partial charge is 0.240 e. The van der Waals surface area contributed by atoms with Crippen molar-refractivity contribution in [2.75, 3.05) is 0 Å². The average Bonchev–Trinajstić information content (AvgIpc) is 3.61. The maximum Gasteiger partial charge on any atom is 0.240 e. The number of para-hydroxylation sites is 1. The highest BCUT2D eigenvalue weighted by Gasteiger charge is 2.23. The third kappa shape index (κ3) is 3.61. The zero-order valence-electron chi connectivity index (χ0n) is 24.2. The highest BCUT2D eigenvalue weighted by molar-refractivity contribution is 6.16. The number of pyridine rings is 1. The fourth-order valence-electron chi connectivity index (χ4n) is 6.38. The van der Waals surface area contributed by atoms with Gasteiger partial charge in [-0.15, -0.1) is 0 Å². The molecule has 0 radical (unpaired) electrons. The highest BCUT2D eigenvalue weighted by atomic mass is 15.2. The first-order chi connectivity index (χ1) is 21.6. The second-order valence-corrected chi connectivity index (χ2v) is 11.4. The molecule has 0 aliphatic heterocycles. The van der Waals surface area contributed by atoms with E-state index in [9.17, 15) is 0 Å². The SMILES string of the molecule is Cc1ccc(-c2nc(-c3ccccc3)nc(-n3c4ccccc4c4nc5c6ccccc6c6cc(C)ccc6n5c43)n2)cc1. The summed E-state index contributed by atoms with van der Waals surface area (Å²) in [6.45, 7) is 4.22. The van der Waals surface area contributed by atoms with Crippen molar-refractivity contribution in [1.82, 2.24) is 28.9 Å². The fraction of sp³-hybridized carbons (Fsp3) is 0.0526. The number of aromatic nitrogens is 6. The number of benzene rings is 5. The van der Waals surface area contributed by atoms with E-state index in [1.807, 2.05) is 30.3 Å². The minimum atomic E-state index is 0.552. The van der Waals surface area contributed by atoms with E-state index < -0.39 is 0 Å². The number of hydrogen-bond acceptors (Lipinski definition) is 4. The Balaban J connectivity index is 1.47. The van der Waals surface area contributed by atoms with Crippen molar-refractivity contribution in [1.29, 1.82) is 0 Å². The summed E-state index contributed by atoms with van der Waals surface area (Å²) in [5, 5.41) is 4.54. The Kier molecular flexibility index (Phi) is 5.23. The van der Waals surface area contributed by atoms with Crippen molar-refractivity contribution in [3.8, 4) is 28.7 Å². The van der Waals surface area contributed by atoms with E-state index in [4.69, 9.17) is 19.9 Å². The molecule has 9 aromatic rings. The summed E-state index contributed by atoms with van der Waals surface area (Å²) in [6, 6.07) is 42.0. The zero-order valence-corrected chi connectivity index (χ0v) is 24.2. The van der Waals surface area contributed by atoms with Crippen LogP contribution in [0.4, 0.5) is 0 Å². The van der Waals surface area contributed by atoms with Crippen LogP contribution in [0.15, 0.2) is 121 Å². The van der Waals surface area contributed by atoms with E-state index in [2.05, 4.69) is 114 Å². The van der Waals surface area contributed by atoms with Gasteiger partial charge < -0.3 is 0 Å².